The zero-order valence-electron chi connectivity index (χ0n) is 13.7. The van der Waals surface area contributed by atoms with E-state index in [9.17, 15) is 4.79 Å². The minimum absolute atomic E-state index is 0.0244. The van der Waals surface area contributed by atoms with Crippen molar-refractivity contribution in [3.05, 3.63) is 51.5 Å². The van der Waals surface area contributed by atoms with Crippen LogP contribution < -0.4 is 0 Å². The summed E-state index contributed by atoms with van der Waals surface area (Å²) in [7, 11) is 2.00. The minimum atomic E-state index is -0.899. The fraction of sp³-hybridized carbons (Fsp3) is 0.412. The molecular formula is C17H22N2O3S. The number of nitrogens with zero attached hydrogens (tertiary/aromatic N) is 2. The first-order valence-electron chi connectivity index (χ1n) is 7.56. The van der Waals surface area contributed by atoms with Gasteiger partial charge < -0.3 is 9.84 Å². The number of carboxylic acids is 1. The molecule has 0 saturated heterocycles. The predicted molar refractivity (Wildman–Crippen MR) is 90.7 cm³/mol. The van der Waals surface area contributed by atoms with E-state index < -0.39 is 5.97 Å². The van der Waals surface area contributed by atoms with E-state index in [0.29, 0.717) is 25.3 Å². The lowest BCUT2D eigenvalue weighted by Crippen LogP contribution is -2.17. The molecule has 0 amide bonds. The van der Waals surface area contributed by atoms with Crippen LogP contribution in [0.15, 0.2) is 29.6 Å². The quantitative estimate of drug-likeness (QED) is 0.799. The molecule has 1 heterocycles. The summed E-state index contributed by atoms with van der Waals surface area (Å²) in [5, 5.41) is 12.1. The smallest absolute Gasteiger partial charge is 0.335 e. The van der Waals surface area contributed by atoms with E-state index >= 15 is 0 Å². The van der Waals surface area contributed by atoms with Gasteiger partial charge >= 0.3 is 5.97 Å². The van der Waals surface area contributed by atoms with Gasteiger partial charge in [-0.25, -0.2) is 9.78 Å². The van der Waals surface area contributed by atoms with Crippen molar-refractivity contribution in [3.63, 3.8) is 0 Å². The lowest BCUT2D eigenvalue weighted by Gasteiger charge is -2.15. The van der Waals surface area contributed by atoms with Crippen LogP contribution in [0.2, 0.25) is 0 Å². The summed E-state index contributed by atoms with van der Waals surface area (Å²) in [6.07, 6.45) is 0.0244. The van der Waals surface area contributed by atoms with Crippen molar-refractivity contribution in [1.29, 1.82) is 0 Å². The highest BCUT2D eigenvalue weighted by Gasteiger charge is 2.12. The fourth-order valence-electron chi connectivity index (χ4n) is 2.35. The van der Waals surface area contributed by atoms with Crippen LogP contribution in [-0.2, 0) is 17.8 Å². The number of ether oxygens (including phenoxy) is 1. The molecule has 124 valence electrons. The number of benzene rings is 1. The van der Waals surface area contributed by atoms with E-state index in [1.165, 1.54) is 0 Å². The van der Waals surface area contributed by atoms with Crippen LogP contribution in [0.5, 0.6) is 0 Å². The molecule has 1 N–H and O–H groups in total. The third kappa shape index (κ3) is 5.13. The molecule has 1 aromatic heterocycles. The van der Waals surface area contributed by atoms with Crippen molar-refractivity contribution >= 4 is 17.3 Å². The first-order valence-corrected chi connectivity index (χ1v) is 8.44. The topological polar surface area (TPSA) is 62.7 Å². The number of carboxylic acid groups (broad SMARTS) is 1. The monoisotopic (exact) mass is 334 g/mol. The van der Waals surface area contributed by atoms with Crippen molar-refractivity contribution in [1.82, 2.24) is 9.88 Å². The van der Waals surface area contributed by atoms with Crippen LogP contribution in [0.3, 0.4) is 0 Å². The van der Waals surface area contributed by atoms with Crippen LogP contribution in [-0.4, -0.2) is 34.6 Å². The summed E-state index contributed by atoms with van der Waals surface area (Å²) in [4.78, 5) is 17.7. The number of hydrogen-bond acceptors (Lipinski definition) is 5. The van der Waals surface area contributed by atoms with Gasteiger partial charge in [0.15, 0.2) is 0 Å². The maximum absolute atomic E-state index is 11.0. The molecule has 0 aliphatic rings. The second kappa shape index (κ2) is 8.19. The third-order valence-electron chi connectivity index (χ3n) is 3.39. The first-order chi connectivity index (χ1) is 11.0. The number of hydrogen-bond donors (Lipinski definition) is 1. The largest absolute Gasteiger partial charge is 0.478 e. The average molecular weight is 334 g/mol. The summed E-state index contributed by atoms with van der Waals surface area (Å²) in [5.74, 6) is -0.899. The van der Waals surface area contributed by atoms with Gasteiger partial charge in [0.2, 0.25) is 0 Å². The Balaban J connectivity index is 1.95. The number of thiazole rings is 1. The van der Waals surface area contributed by atoms with Crippen molar-refractivity contribution in [2.24, 2.45) is 0 Å². The van der Waals surface area contributed by atoms with Crippen molar-refractivity contribution in [2.75, 3.05) is 13.7 Å². The van der Waals surface area contributed by atoms with Gasteiger partial charge in [0.05, 0.1) is 11.3 Å². The standard InChI is InChI=1S/C17H22N2O3S/c1-4-22-12(2)16-18-15(11-23-16)10-19(3)9-13-6-5-7-14(8-13)17(20)21/h5-8,11-12H,4,9-10H2,1-3H3,(H,20,21). The van der Waals surface area contributed by atoms with Crippen molar-refractivity contribution in [3.8, 4) is 0 Å². The highest BCUT2D eigenvalue weighted by Crippen LogP contribution is 2.22. The third-order valence-corrected chi connectivity index (χ3v) is 4.45. The molecule has 0 aliphatic heterocycles. The normalized spacial score (nSPS) is 12.5. The maximum atomic E-state index is 11.0. The van der Waals surface area contributed by atoms with Crippen LogP contribution in [0, 0.1) is 0 Å². The Morgan fingerprint density at radius 2 is 2.22 bits per heavy atom. The highest BCUT2D eigenvalue weighted by atomic mass is 32.1. The second-order valence-electron chi connectivity index (χ2n) is 5.45. The fourth-order valence-corrected chi connectivity index (χ4v) is 3.16. The van der Waals surface area contributed by atoms with Gasteiger partial charge in [-0.3, -0.25) is 4.90 Å². The van der Waals surface area contributed by atoms with Crippen molar-refractivity contribution < 1.29 is 14.6 Å². The van der Waals surface area contributed by atoms with Crippen LogP contribution >= 0.6 is 11.3 Å². The zero-order chi connectivity index (χ0) is 16.8. The Hall–Kier alpha value is -1.76. The van der Waals surface area contributed by atoms with Crippen LogP contribution in [0.1, 0.15) is 46.6 Å². The molecule has 2 rings (SSSR count). The number of rotatable bonds is 8. The van der Waals surface area contributed by atoms with E-state index in [2.05, 4.69) is 15.3 Å². The Morgan fingerprint density at radius 3 is 2.91 bits per heavy atom. The Morgan fingerprint density at radius 1 is 1.43 bits per heavy atom. The second-order valence-corrected chi connectivity index (χ2v) is 6.34. The molecule has 0 bridgehead atoms. The van der Waals surface area contributed by atoms with Crippen molar-refractivity contribution in [2.45, 2.75) is 33.0 Å². The molecule has 0 fully saturated rings. The van der Waals surface area contributed by atoms with Gasteiger partial charge in [-0.2, -0.15) is 0 Å². The molecule has 2 aromatic rings. The molecule has 0 saturated carbocycles. The molecule has 1 unspecified atom stereocenters. The average Bonchev–Trinajstić information content (AvgIpc) is 2.96. The molecule has 0 spiro atoms. The minimum Gasteiger partial charge on any atom is -0.478 e. The van der Waals surface area contributed by atoms with E-state index in [4.69, 9.17) is 9.84 Å². The van der Waals surface area contributed by atoms with Gasteiger partial charge in [0.25, 0.3) is 0 Å². The van der Waals surface area contributed by atoms with Gasteiger partial charge in [0, 0.05) is 25.1 Å². The zero-order valence-corrected chi connectivity index (χ0v) is 14.5. The Labute approximate surface area is 140 Å². The Bertz CT molecular complexity index is 657. The number of carbonyl (C=O) groups is 1. The Kier molecular flexibility index (Phi) is 6.27. The first kappa shape index (κ1) is 17.6. The van der Waals surface area contributed by atoms with Gasteiger partial charge in [-0.15, -0.1) is 11.3 Å². The molecule has 23 heavy (non-hydrogen) atoms. The van der Waals surface area contributed by atoms with Crippen LogP contribution in [0.25, 0.3) is 0 Å². The van der Waals surface area contributed by atoms with Gasteiger partial charge in [-0.05, 0) is 38.6 Å². The lowest BCUT2D eigenvalue weighted by atomic mass is 10.1. The molecule has 0 radical (unpaired) electrons. The van der Waals surface area contributed by atoms with Crippen LogP contribution in [0.4, 0.5) is 0 Å². The van der Waals surface area contributed by atoms with E-state index in [1.54, 1.807) is 29.5 Å². The molecule has 1 atom stereocenters. The van der Waals surface area contributed by atoms with E-state index in [1.807, 2.05) is 27.0 Å². The molecule has 6 heteroatoms. The molecular weight excluding hydrogens is 312 g/mol. The highest BCUT2D eigenvalue weighted by molar-refractivity contribution is 7.09. The summed E-state index contributed by atoms with van der Waals surface area (Å²) in [5.41, 5.74) is 2.30. The summed E-state index contributed by atoms with van der Waals surface area (Å²) < 4.78 is 5.56. The van der Waals surface area contributed by atoms with E-state index in [-0.39, 0.29) is 6.10 Å². The SMILES string of the molecule is CCOC(C)c1nc(CN(C)Cc2cccc(C(=O)O)c2)cs1. The number of aromatic carboxylic acids is 1. The molecule has 0 aliphatic carbocycles. The number of aromatic nitrogens is 1. The lowest BCUT2D eigenvalue weighted by molar-refractivity contribution is 0.0696. The van der Waals surface area contributed by atoms with E-state index in [0.717, 1.165) is 16.3 Å². The summed E-state index contributed by atoms with van der Waals surface area (Å²) >= 11 is 1.61. The molecule has 1 aromatic carbocycles. The summed E-state index contributed by atoms with van der Waals surface area (Å²) in [6.45, 7) is 6.05. The van der Waals surface area contributed by atoms with Gasteiger partial charge in [0.1, 0.15) is 11.1 Å². The summed E-state index contributed by atoms with van der Waals surface area (Å²) in [6, 6.07) is 7.03. The van der Waals surface area contributed by atoms with Gasteiger partial charge in [-0.1, -0.05) is 12.1 Å². The maximum Gasteiger partial charge on any atom is 0.335 e. The predicted octanol–water partition coefficient (Wildman–Crippen LogP) is 3.57. The molecule has 5 nitrogen and oxygen atoms in total.